The van der Waals surface area contributed by atoms with Crippen molar-refractivity contribution in [2.45, 2.75) is 98.8 Å². The van der Waals surface area contributed by atoms with Gasteiger partial charge in [0.15, 0.2) is 23.3 Å². The summed E-state index contributed by atoms with van der Waals surface area (Å²) in [7, 11) is 0. The maximum absolute atomic E-state index is 14.3. The van der Waals surface area contributed by atoms with Crippen molar-refractivity contribution < 1.29 is 57.2 Å². The molecule has 0 amide bonds. The first-order valence-electron chi connectivity index (χ1n) is 13.6. The van der Waals surface area contributed by atoms with Gasteiger partial charge in [0.25, 0.3) is 0 Å². The maximum atomic E-state index is 14.3. The molecule has 0 aliphatic heterocycles. The molecular formula is C30H40O12. The number of carbonyl (C=O) groups is 7. The monoisotopic (exact) mass is 592 g/mol. The van der Waals surface area contributed by atoms with Crippen molar-refractivity contribution in [1.82, 2.24) is 0 Å². The Morgan fingerprint density at radius 2 is 1.21 bits per heavy atom. The standard InChI is InChI=1S/C30H40O12/c1-14-11-12-29(9,10)28(37)26(41-20(7)34)25(40-19(6)33)16(3)24(39-18(5)32)22-23(38-17(4)31)15(2)13-30(22,27(14)36)42-21(8)35/h11-12,14-15,22-26H,3,13H2,1-2,4-10H3/b12-11+/t14-,15+,22-,23+,24+,25-,26-,30-/m0/s1. The van der Waals surface area contributed by atoms with Crippen LogP contribution in [0.5, 0.6) is 0 Å². The van der Waals surface area contributed by atoms with Crippen molar-refractivity contribution >= 4 is 41.4 Å². The van der Waals surface area contributed by atoms with Gasteiger partial charge in [0.1, 0.15) is 12.2 Å². The first-order valence-corrected chi connectivity index (χ1v) is 13.6. The molecule has 0 bridgehead atoms. The number of fused-ring (bicyclic) bond motifs is 1. The number of rotatable bonds is 5. The van der Waals surface area contributed by atoms with E-state index in [0.717, 1.165) is 34.6 Å². The molecule has 0 radical (unpaired) electrons. The van der Waals surface area contributed by atoms with E-state index in [1.165, 1.54) is 32.9 Å². The second-order valence-corrected chi connectivity index (χ2v) is 11.5. The molecule has 0 heterocycles. The van der Waals surface area contributed by atoms with E-state index in [1.807, 2.05) is 0 Å². The maximum Gasteiger partial charge on any atom is 0.303 e. The summed E-state index contributed by atoms with van der Waals surface area (Å²) >= 11 is 0. The number of allylic oxidation sites excluding steroid dienone is 2. The fourth-order valence-corrected chi connectivity index (χ4v) is 5.80. The second-order valence-electron chi connectivity index (χ2n) is 11.5. The summed E-state index contributed by atoms with van der Waals surface area (Å²) in [5.41, 5.74) is -3.64. The zero-order chi connectivity index (χ0) is 32.3. The third kappa shape index (κ3) is 7.32. The predicted molar refractivity (Wildman–Crippen MR) is 145 cm³/mol. The van der Waals surface area contributed by atoms with E-state index in [0.29, 0.717) is 0 Å². The van der Waals surface area contributed by atoms with E-state index < -0.39 is 94.6 Å². The number of ether oxygens (including phenoxy) is 5. The molecule has 0 N–H and O–H groups in total. The first kappa shape index (κ1) is 34.4. The Labute approximate surface area is 245 Å². The van der Waals surface area contributed by atoms with Crippen molar-refractivity contribution in [3.05, 3.63) is 24.3 Å². The van der Waals surface area contributed by atoms with Crippen molar-refractivity contribution in [3.63, 3.8) is 0 Å². The molecule has 2 aliphatic carbocycles. The van der Waals surface area contributed by atoms with Gasteiger partial charge in [-0.1, -0.05) is 32.6 Å². The normalized spacial score (nSPS) is 33.6. The molecule has 8 atom stereocenters. The average molecular weight is 593 g/mol. The number of carbonyl (C=O) groups excluding carboxylic acids is 7. The highest BCUT2D eigenvalue weighted by molar-refractivity contribution is 5.95. The molecule has 0 aromatic carbocycles. The van der Waals surface area contributed by atoms with E-state index >= 15 is 0 Å². The summed E-state index contributed by atoms with van der Waals surface area (Å²) in [6.45, 7) is 15.7. The third-order valence-electron chi connectivity index (χ3n) is 7.44. The minimum atomic E-state index is -2.01. The van der Waals surface area contributed by atoms with Crippen LogP contribution < -0.4 is 0 Å². The summed E-state index contributed by atoms with van der Waals surface area (Å²) in [4.78, 5) is 90.0. The van der Waals surface area contributed by atoms with Crippen molar-refractivity contribution in [1.29, 1.82) is 0 Å². The summed E-state index contributed by atoms with van der Waals surface area (Å²) in [5, 5.41) is 0. The highest BCUT2D eigenvalue weighted by atomic mass is 16.6. The van der Waals surface area contributed by atoms with Gasteiger partial charge in [0.2, 0.25) is 6.10 Å². The molecule has 1 fully saturated rings. The van der Waals surface area contributed by atoms with E-state index in [1.54, 1.807) is 6.92 Å². The lowest BCUT2D eigenvalue weighted by Gasteiger charge is -2.42. The van der Waals surface area contributed by atoms with Crippen LogP contribution in [0.15, 0.2) is 24.3 Å². The zero-order valence-corrected chi connectivity index (χ0v) is 25.5. The van der Waals surface area contributed by atoms with E-state index in [9.17, 15) is 33.6 Å². The molecule has 12 nitrogen and oxygen atoms in total. The van der Waals surface area contributed by atoms with Crippen LogP contribution in [0.3, 0.4) is 0 Å². The fraction of sp³-hybridized carbons (Fsp3) is 0.633. The number of ketones is 2. The fourth-order valence-electron chi connectivity index (χ4n) is 5.80. The Morgan fingerprint density at radius 1 is 0.738 bits per heavy atom. The first-order chi connectivity index (χ1) is 19.2. The predicted octanol–water partition coefficient (Wildman–Crippen LogP) is 2.60. The van der Waals surface area contributed by atoms with E-state index in [4.69, 9.17) is 23.7 Å². The number of esters is 5. The smallest absolute Gasteiger partial charge is 0.303 e. The van der Waals surface area contributed by atoms with Gasteiger partial charge in [-0.25, -0.2) is 0 Å². The quantitative estimate of drug-likeness (QED) is 0.261. The van der Waals surface area contributed by atoms with E-state index in [-0.39, 0.29) is 12.0 Å². The molecular weight excluding hydrogens is 552 g/mol. The van der Waals surface area contributed by atoms with Gasteiger partial charge in [0.05, 0.1) is 5.92 Å². The molecule has 0 unspecified atom stereocenters. The number of hydrogen-bond donors (Lipinski definition) is 0. The molecule has 1 saturated carbocycles. The summed E-state index contributed by atoms with van der Waals surface area (Å²) in [5.74, 6) is -8.45. The van der Waals surface area contributed by atoms with Crippen molar-refractivity contribution in [3.8, 4) is 0 Å². The third-order valence-corrected chi connectivity index (χ3v) is 7.44. The molecule has 232 valence electrons. The van der Waals surface area contributed by atoms with Crippen LogP contribution in [0.1, 0.15) is 68.7 Å². The lowest BCUT2D eigenvalue weighted by Crippen LogP contribution is -2.58. The van der Waals surface area contributed by atoms with Crippen molar-refractivity contribution in [2.75, 3.05) is 0 Å². The van der Waals surface area contributed by atoms with Gasteiger partial charge in [0, 0.05) is 57.9 Å². The van der Waals surface area contributed by atoms with Gasteiger partial charge in [-0.15, -0.1) is 0 Å². The molecule has 2 aliphatic rings. The number of hydrogen-bond acceptors (Lipinski definition) is 12. The molecule has 0 aromatic rings. The Balaban J connectivity index is 3.07. The van der Waals surface area contributed by atoms with Gasteiger partial charge in [-0.05, 0) is 19.8 Å². The SMILES string of the molecule is C=C1[C@@H](OC(C)=O)[C@@H]2[C@H](OC(C)=O)[C@H](C)C[C@@]2(OC(C)=O)C(=O)[C@@H](C)/C=C/C(C)(C)C(=O)[C@@H](OC(C)=O)[C@H]1OC(C)=O. The second kappa shape index (κ2) is 13.0. The van der Waals surface area contributed by atoms with Gasteiger partial charge < -0.3 is 23.7 Å². The largest absolute Gasteiger partial charge is 0.462 e. The molecule has 0 spiro atoms. The Kier molecular flexibility index (Phi) is 10.6. The van der Waals surface area contributed by atoms with Crippen LogP contribution in [0.2, 0.25) is 0 Å². The Hall–Kier alpha value is -3.83. The van der Waals surface area contributed by atoms with Gasteiger partial charge in [-0.2, -0.15) is 0 Å². The highest BCUT2D eigenvalue weighted by Crippen LogP contribution is 2.51. The van der Waals surface area contributed by atoms with Crippen LogP contribution in [0, 0.1) is 23.2 Å². The van der Waals surface area contributed by atoms with Crippen LogP contribution >= 0.6 is 0 Å². The van der Waals surface area contributed by atoms with Crippen LogP contribution in [-0.2, 0) is 57.2 Å². The van der Waals surface area contributed by atoms with Crippen molar-refractivity contribution in [2.24, 2.45) is 23.2 Å². The van der Waals surface area contributed by atoms with Crippen LogP contribution in [-0.4, -0.2) is 71.4 Å². The van der Waals surface area contributed by atoms with Crippen LogP contribution in [0.25, 0.3) is 0 Å². The minimum Gasteiger partial charge on any atom is -0.462 e. The molecule has 12 heteroatoms. The topological polar surface area (TPSA) is 166 Å². The molecule has 0 aromatic heterocycles. The Morgan fingerprint density at radius 3 is 1.69 bits per heavy atom. The molecule has 2 rings (SSSR count). The highest BCUT2D eigenvalue weighted by Gasteiger charge is 2.65. The Bertz CT molecular complexity index is 1200. The van der Waals surface area contributed by atoms with Gasteiger partial charge in [-0.3, -0.25) is 33.6 Å². The minimum absolute atomic E-state index is 0.120. The molecule has 42 heavy (non-hydrogen) atoms. The average Bonchev–Trinajstić information content (AvgIpc) is 3.10. The lowest BCUT2D eigenvalue weighted by molar-refractivity contribution is -0.187. The zero-order valence-electron chi connectivity index (χ0n) is 25.5. The number of Topliss-reactive ketones (excluding diaryl/α,β-unsaturated/α-hetero) is 2. The van der Waals surface area contributed by atoms with Gasteiger partial charge >= 0.3 is 29.8 Å². The van der Waals surface area contributed by atoms with E-state index in [2.05, 4.69) is 6.58 Å². The molecule has 0 saturated heterocycles. The summed E-state index contributed by atoms with van der Waals surface area (Å²) < 4.78 is 28.0. The summed E-state index contributed by atoms with van der Waals surface area (Å²) in [6, 6.07) is 0. The van der Waals surface area contributed by atoms with Crippen LogP contribution in [0.4, 0.5) is 0 Å². The summed E-state index contributed by atoms with van der Waals surface area (Å²) in [6.07, 6.45) is -3.48. The lowest BCUT2D eigenvalue weighted by atomic mass is 9.72.